The van der Waals surface area contributed by atoms with Gasteiger partial charge in [0.05, 0.1) is 0 Å². The number of aromatic nitrogens is 2. The fourth-order valence-electron chi connectivity index (χ4n) is 0.698. The third kappa shape index (κ3) is 1.25. The maximum absolute atomic E-state index is 4.19. The van der Waals surface area contributed by atoms with Crippen molar-refractivity contribution in [2.75, 3.05) is 0 Å². The molecule has 0 fully saturated rings. The Morgan fingerprint density at radius 3 is 2.44 bits per heavy atom. The van der Waals surface area contributed by atoms with Gasteiger partial charge in [0.2, 0.25) is 5.69 Å². The van der Waals surface area contributed by atoms with Gasteiger partial charge >= 0.3 is 0 Å². The second-order valence-corrected chi connectivity index (χ2v) is 2.24. The molecule has 0 atom stereocenters. The third-order valence-corrected chi connectivity index (χ3v) is 1.38. The minimum absolute atomic E-state index is 1.06. The van der Waals surface area contributed by atoms with Gasteiger partial charge in [-0.05, 0) is 18.1 Å². The van der Waals surface area contributed by atoms with Gasteiger partial charge in [-0.3, -0.25) is 0 Å². The molecule has 0 amide bonds. The highest BCUT2D eigenvalue weighted by Gasteiger charge is 1.98. The summed E-state index contributed by atoms with van der Waals surface area (Å²) in [4.78, 5) is 0. The summed E-state index contributed by atoms with van der Waals surface area (Å²) >= 11 is 0. The van der Waals surface area contributed by atoms with Crippen molar-refractivity contribution >= 4 is 0 Å². The van der Waals surface area contributed by atoms with Crippen molar-refractivity contribution in [3.8, 4) is 0 Å². The van der Waals surface area contributed by atoms with Crippen molar-refractivity contribution in [3.05, 3.63) is 23.5 Å². The van der Waals surface area contributed by atoms with Crippen LogP contribution in [0.1, 0.15) is 11.4 Å². The molecule has 48 valence electrons. The van der Waals surface area contributed by atoms with Gasteiger partial charge in [0.1, 0.15) is 5.69 Å². The Kier molecular flexibility index (Phi) is 1.47. The summed E-state index contributed by atoms with van der Waals surface area (Å²) in [7, 11) is 1.95. The first kappa shape index (κ1) is 6.20. The Bertz CT molecular complexity index is 218. The lowest BCUT2D eigenvalue weighted by Crippen LogP contribution is -2.36. The summed E-state index contributed by atoms with van der Waals surface area (Å²) in [5, 5.41) is 4.19. The Labute approximate surface area is 55.1 Å². The average molecular weight is 123 g/mol. The zero-order valence-electron chi connectivity index (χ0n) is 6.05. The fourth-order valence-corrected chi connectivity index (χ4v) is 0.698. The molecule has 1 aromatic heterocycles. The largest absolute Gasteiger partial charge is 0.205 e. The van der Waals surface area contributed by atoms with Crippen LogP contribution >= 0.6 is 0 Å². The second-order valence-electron chi connectivity index (χ2n) is 2.24. The van der Waals surface area contributed by atoms with Crippen LogP contribution < -0.4 is 4.68 Å². The molecule has 0 saturated carbocycles. The van der Waals surface area contributed by atoms with Crippen LogP contribution in [0.15, 0.2) is 12.1 Å². The second kappa shape index (κ2) is 2.13. The van der Waals surface area contributed by atoms with E-state index in [-0.39, 0.29) is 0 Å². The lowest BCUT2D eigenvalue weighted by atomic mass is 10.4. The van der Waals surface area contributed by atoms with Crippen LogP contribution in [0.3, 0.4) is 0 Å². The molecule has 0 radical (unpaired) electrons. The highest BCUT2D eigenvalue weighted by Crippen LogP contribution is 1.88. The summed E-state index contributed by atoms with van der Waals surface area (Å²) < 4.78 is 1.87. The fraction of sp³-hybridized carbons (Fsp3) is 0.429. The van der Waals surface area contributed by atoms with E-state index >= 15 is 0 Å². The maximum Gasteiger partial charge on any atom is 0.205 e. The molecular formula is C7H11N2+. The van der Waals surface area contributed by atoms with Crippen LogP contribution in [-0.2, 0) is 7.05 Å². The van der Waals surface area contributed by atoms with Gasteiger partial charge in [0.25, 0.3) is 0 Å². The first-order chi connectivity index (χ1) is 4.20. The van der Waals surface area contributed by atoms with Crippen molar-refractivity contribution in [1.29, 1.82) is 0 Å². The normalized spacial score (nSPS) is 9.67. The molecular weight excluding hydrogens is 112 g/mol. The monoisotopic (exact) mass is 123 g/mol. The van der Waals surface area contributed by atoms with E-state index in [1.54, 1.807) is 0 Å². The molecule has 2 heteroatoms. The smallest absolute Gasteiger partial charge is 0.0913 e. The van der Waals surface area contributed by atoms with Crippen LogP contribution in [-0.4, -0.2) is 5.10 Å². The molecule has 2 nitrogen and oxygen atoms in total. The molecule has 1 rings (SSSR count). The van der Waals surface area contributed by atoms with Gasteiger partial charge in [-0.1, -0.05) is 4.68 Å². The highest BCUT2D eigenvalue weighted by atomic mass is 15.2. The van der Waals surface area contributed by atoms with E-state index in [1.807, 2.05) is 31.6 Å². The standard InChI is InChI=1S/C7H11N2/c1-6-4-5-7(2)9(3)8-6/h4-5H,1-3H3/q+1. The first-order valence-corrected chi connectivity index (χ1v) is 3.01. The van der Waals surface area contributed by atoms with Crippen molar-refractivity contribution < 1.29 is 4.68 Å². The average Bonchev–Trinajstić information content (AvgIpc) is 1.80. The van der Waals surface area contributed by atoms with E-state index in [1.165, 1.54) is 5.69 Å². The number of rotatable bonds is 0. The zero-order valence-corrected chi connectivity index (χ0v) is 6.05. The van der Waals surface area contributed by atoms with Crippen molar-refractivity contribution in [2.45, 2.75) is 13.8 Å². The van der Waals surface area contributed by atoms with Crippen LogP contribution in [0, 0.1) is 13.8 Å². The topological polar surface area (TPSA) is 16.8 Å². The first-order valence-electron chi connectivity index (χ1n) is 3.01. The van der Waals surface area contributed by atoms with E-state index in [0.29, 0.717) is 0 Å². The molecule has 0 saturated heterocycles. The molecule has 0 unspecified atom stereocenters. The van der Waals surface area contributed by atoms with Crippen molar-refractivity contribution in [3.63, 3.8) is 0 Å². The van der Waals surface area contributed by atoms with Crippen molar-refractivity contribution in [2.24, 2.45) is 7.05 Å². The lowest BCUT2D eigenvalue weighted by molar-refractivity contribution is -0.737. The zero-order chi connectivity index (χ0) is 6.85. The van der Waals surface area contributed by atoms with Gasteiger partial charge in [-0.25, -0.2) is 0 Å². The summed E-state index contributed by atoms with van der Waals surface area (Å²) in [6.45, 7) is 4.02. The minimum Gasteiger partial charge on any atom is -0.0913 e. The van der Waals surface area contributed by atoms with Crippen LogP contribution in [0.2, 0.25) is 0 Å². The van der Waals surface area contributed by atoms with Gasteiger partial charge in [0, 0.05) is 13.0 Å². The number of hydrogen-bond acceptors (Lipinski definition) is 1. The van der Waals surface area contributed by atoms with Crippen LogP contribution in [0.25, 0.3) is 0 Å². The van der Waals surface area contributed by atoms with E-state index in [4.69, 9.17) is 0 Å². The molecule has 9 heavy (non-hydrogen) atoms. The predicted octanol–water partition coefficient (Wildman–Crippen LogP) is 0.523. The quantitative estimate of drug-likeness (QED) is 0.460. The van der Waals surface area contributed by atoms with E-state index in [0.717, 1.165) is 5.69 Å². The molecule has 0 aliphatic heterocycles. The molecule has 1 aromatic rings. The Balaban J connectivity index is 3.17. The molecule has 0 spiro atoms. The van der Waals surface area contributed by atoms with Crippen LogP contribution in [0.5, 0.6) is 0 Å². The molecule has 0 aromatic carbocycles. The minimum atomic E-state index is 1.06. The summed E-state index contributed by atoms with van der Waals surface area (Å²) in [6.07, 6.45) is 0. The van der Waals surface area contributed by atoms with Gasteiger partial charge in [0.15, 0.2) is 7.05 Å². The summed E-state index contributed by atoms with van der Waals surface area (Å²) in [5.74, 6) is 0. The van der Waals surface area contributed by atoms with Gasteiger partial charge in [-0.15, -0.1) is 0 Å². The number of hydrogen-bond donors (Lipinski definition) is 0. The van der Waals surface area contributed by atoms with E-state index < -0.39 is 0 Å². The van der Waals surface area contributed by atoms with Crippen LogP contribution in [0.4, 0.5) is 0 Å². The Hall–Kier alpha value is -0.920. The van der Waals surface area contributed by atoms with Gasteiger partial charge in [-0.2, -0.15) is 0 Å². The van der Waals surface area contributed by atoms with Gasteiger partial charge < -0.3 is 0 Å². The molecule has 0 aliphatic rings. The SMILES string of the molecule is Cc1ccc(C)[n+](C)n1. The summed E-state index contributed by atoms with van der Waals surface area (Å²) in [5.41, 5.74) is 2.24. The molecule has 0 aliphatic carbocycles. The van der Waals surface area contributed by atoms with Crippen molar-refractivity contribution in [1.82, 2.24) is 5.10 Å². The summed E-state index contributed by atoms with van der Waals surface area (Å²) in [6, 6.07) is 4.07. The number of nitrogens with zero attached hydrogens (tertiary/aromatic N) is 2. The Morgan fingerprint density at radius 1 is 1.33 bits per heavy atom. The molecule has 0 bridgehead atoms. The highest BCUT2D eigenvalue weighted by molar-refractivity contribution is 4.98. The number of aryl methyl sites for hydroxylation is 3. The molecule has 0 N–H and O–H groups in total. The lowest BCUT2D eigenvalue weighted by Gasteiger charge is -1.89. The maximum atomic E-state index is 4.19. The predicted molar refractivity (Wildman–Crippen MR) is 34.9 cm³/mol. The van der Waals surface area contributed by atoms with E-state index in [9.17, 15) is 0 Å². The Morgan fingerprint density at radius 2 is 2.00 bits per heavy atom. The molecule has 1 heterocycles. The van der Waals surface area contributed by atoms with E-state index in [2.05, 4.69) is 11.2 Å². The third-order valence-electron chi connectivity index (χ3n) is 1.38.